The lowest BCUT2D eigenvalue weighted by molar-refractivity contribution is 0.129. The molecule has 0 saturated carbocycles. The fourth-order valence-corrected chi connectivity index (χ4v) is 1.50. The molecule has 0 spiro atoms. The zero-order chi connectivity index (χ0) is 8.27. The van der Waals surface area contributed by atoms with Crippen LogP contribution in [0.15, 0.2) is 0 Å². The van der Waals surface area contributed by atoms with Gasteiger partial charge in [0.25, 0.3) is 0 Å². The van der Waals surface area contributed by atoms with Gasteiger partial charge in [-0.3, -0.25) is 4.90 Å². The smallest absolute Gasteiger partial charge is 0.0866 e. The molecule has 0 radical (unpaired) electrons. The van der Waals surface area contributed by atoms with Gasteiger partial charge in [-0.05, 0) is 25.8 Å². The van der Waals surface area contributed by atoms with Crippen molar-refractivity contribution in [1.82, 2.24) is 4.90 Å². The average molecular weight is 154 g/mol. The molecule has 3 nitrogen and oxygen atoms in total. The Hall–Kier alpha value is -0.590. The third-order valence-corrected chi connectivity index (χ3v) is 2.29. The van der Waals surface area contributed by atoms with E-state index >= 15 is 0 Å². The zero-order valence-electron chi connectivity index (χ0n) is 6.82. The molecular weight excluding hydrogens is 140 g/mol. The van der Waals surface area contributed by atoms with E-state index < -0.39 is 0 Å². The number of likely N-dealkylation sites (tertiary alicyclic amines) is 1. The molecule has 1 fully saturated rings. The molecule has 1 N–H and O–H groups in total. The summed E-state index contributed by atoms with van der Waals surface area (Å²) in [6.45, 7) is 4.16. The highest BCUT2D eigenvalue weighted by molar-refractivity contribution is 4.84. The van der Waals surface area contributed by atoms with Crippen molar-refractivity contribution in [2.75, 3.05) is 19.6 Å². The number of aliphatic hydroxyl groups excluding tert-OH is 1. The fraction of sp³-hybridized carbons (Fsp3) is 0.875. The summed E-state index contributed by atoms with van der Waals surface area (Å²) in [5.41, 5.74) is 0. The first-order chi connectivity index (χ1) is 5.24. The van der Waals surface area contributed by atoms with Gasteiger partial charge in [-0.25, -0.2) is 0 Å². The topological polar surface area (TPSA) is 47.3 Å². The molecule has 3 heteroatoms. The quantitative estimate of drug-likeness (QED) is 0.578. The largest absolute Gasteiger partial charge is 0.393 e. The number of nitrogens with zero attached hydrogens (tertiary/aromatic N) is 2. The van der Waals surface area contributed by atoms with E-state index in [9.17, 15) is 5.11 Å². The predicted molar refractivity (Wildman–Crippen MR) is 41.8 cm³/mol. The van der Waals surface area contributed by atoms with Gasteiger partial charge in [-0.15, -0.1) is 0 Å². The summed E-state index contributed by atoms with van der Waals surface area (Å²) >= 11 is 0. The Morgan fingerprint density at radius 2 is 2.55 bits per heavy atom. The molecule has 0 bridgehead atoms. The molecule has 0 amide bonds. The van der Waals surface area contributed by atoms with Crippen LogP contribution in [0.3, 0.4) is 0 Å². The summed E-state index contributed by atoms with van der Waals surface area (Å²) in [6.07, 6.45) is 0.804. The molecule has 1 heterocycles. The van der Waals surface area contributed by atoms with E-state index in [1.165, 1.54) is 0 Å². The Morgan fingerprint density at radius 3 is 3.00 bits per heavy atom. The van der Waals surface area contributed by atoms with E-state index in [0.29, 0.717) is 12.5 Å². The van der Waals surface area contributed by atoms with Crippen LogP contribution in [0.5, 0.6) is 0 Å². The number of hydrogen-bond donors (Lipinski definition) is 1. The fourth-order valence-electron chi connectivity index (χ4n) is 1.50. The van der Waals surface area contributed by atoms with Gasteiger partial charge in [0.1, 0.15) is 0 Å². The lowest BCUT2D eigenvalue weighted by Crippen LogP contribution is -2.24. The summed E-state index contributed by atoms with van der Waals surface area (Å²) < 4.78 is 0. The summed E-state index contributed by atoms with van der Waals surface area (Å²) in [5, 5.41) is 17.6. The number of rotatable bonds is 2. The van der Waals surface area contributed by atoms with Crippen LogP contribution in [0.25, 0.3) is 0 Å². The van der Waals surface area contributed by atoms with E-state index in [1.54, 1.807) is 0 Å². The van der Waals surface area contributed by atoms with Gasteiger partial charge in [-0.2, -0.15) is 5.26 Å². The van der Waals surface area contributed by atoms with Crippen LogP contribution >= 0.6 is 0 Å². The molecule has 0 aromatic heterocycles. The summed E-state index contributed by atoms with van der Waals surface area (Å²) in [4.78, 5) is 2.08. The van der Waals surface area contributed by atoms with Crippen molar-refractivity contribution in [1.29, 1.82) is 5.26 Å². The number of aliphatic hydroxyl groups is 1. The first kappa shape index (κ1) is 8.51. The maximum Gasteiger partial charge on any atom is 0.0866 e. The molecule has 0 aliphatic carbocycles. The third kappa shape index (κ3) is 2.18. The van der Waals surface area contributed by atoms with E-state index in [2.05, 4.69) is 11.0 Å². The maximum absolute atomic E-state index is 9.23. The zero-order valence-corrected chi connectivity index (χ0v) is 6.82. The Morgan fingerprint density at radius 1 is 1.82 bits per heavy atom. The van der Waals surface area contributed by atoms with Crippen molar-refractivity contribution in [3.05, 3.63) is 0 Å². The standard InChI is InChI=1S/C8H14N2O/c1-7(11)8-2-4-10(6-8)5-3-9/h7-8,11H,2,4-6H2,1H3. The van der Waals surface area contributed by atoms with Crippen molar-refractivity contribution in [3.8, 4) is 6.07 Å². The Kier molecular flexibility index (Phi) is 2.86. The van der Waals surface area contributed by atoms with E-state index in [1.807, 2.05) is 6.92 Å². The van der Waals surface area contributed by atoms with Gasteiger partial charge in [-0.1, -0.05) is 0 Å². The number of hydrogen-bond acceptors (Lipinski definition) is 3. The van der Waals surface area contributed by atoms with Gasteiger partial charge in [0.15, 0.2) is 0 Å². The van der Waals surface area contributed by atoms with Crippen molar-refractivity contribution < 1.29 is 5.11 Å². The molecule has 0 aromatic carbocycles. The van der Waals surface area contributed by atoms with Gasteiger partial charge >= 0.3 is 0 Å². The van der Waals surface area contributed by atoms with Crippen molar-refractivity contribution >= 4 is 0 Å². The summed E-state index contributed by atoms with van der Waals surface area (Å²) in [5.74, 6) is 0.378. The average Bonchev–Trinajstić information content (AvgIpc) is 2.37. The van der Waals surface area contributed by atoms with Crippen LogP contribution in [0.2, 0.25) is 0 Å². The van der Waals surface area contributed by atoms with Crippen LogP contribution in [0.4, 0.5) is 0 Å². The second kappa shape index (κ2) is 3.70. The molecule has 1 aliphatic heterocycles. The monoisotopic (exact) mass is 154 g/mol. The van der Waals surface area contributed by atoms with Crippen LogP contribution in [-0.4, -0.2) is 35.7 Å². The van der Waals surface area contributed by atoms with Crippen molar-refractivity contribution in [2.24, 2.45) is 5.92 Å². The number of nitriles is 1. The second-order valence-corrected chi connectivity index (χ2v) is 3.18. The normalized spacial score (nSPS) is 28.3. The molecule has 1 saturated heterocycles. The minimum atomic E-state index is -0.223. The minimum Gasteiger partial charge on any atom is -0.393 e. The molecule has 11 heavy (non-hydrogen) atoms. The van der Waals surface area contributed by atoms with E-state index in [0.717, 1.165) is 19.5 Å². The first-order valence-electron chi connectivity index (χ1n) is 4.01. The maximum atomic E-state index is 9.23. The van der Waals surface area contributed by atoms with Crippen molar-refractivity contribution in [2.45, 2.75) is 19.4 Å². The van der Waals surface area contributed by atoms with Gasteiger partial charge in [0, 0.05) is 6.54 Å². The predicted octanol–water partition coefficient (Wildman–Crippen LogP) is 0.213. The SMILES string of the molecule is CC(O)C1CCN(CC#N)C1. The minimum absolute atomic E-state index is 0.223. The molecule has 2 atom stereocenters. The van der Waals surface area contributed by atoms with Crippen LogP contribution in [0, 0.1) is 17.2 Å². The first-order valence-corrected chi connectivity index (χ1v) is 4.01. The van der Waals surface area contributed by atoms with E-state index in [4.69, 9.17) is 5.26 Å². The lowest BCUT2D eigenvalue weighted by atomic mass is 10.0. The summed E-state index contributed by atoms with van der Waals surface area (Å²) in [7, 11) is 0. The van der Waals surface area contributed by atoms with E-state index in [-0.39, 0.29) is 6.10 Å². The third-order valence-electron chi connectivity index (χ3n) is 2.29. The highest BCUT2D eigenvalue weighted by Crippen LogP contribution is 2.18. The van der Waals surface area contributed by atoms with Gasteiger partial charge < -0.3 is 5.11 Å². The Bertz CT molecular complexity index is 162. The Balaban J connectivity index is 2.30. The lowest BCUT2D eigenvalue weighted by Gasteiger charge is -2.13. The molecule has 1 rings (SSSR count). The second-order valence-electron chi connectivity index (χ2n) is 3.18. The van der Waals surface area contributed by atoms with Gasteiger partial charge in [0.2, 0.25) is 0 Å². The van der Waals surface area contributed by atoms with Crippen LogP contribution in [0.1, 0.15) is 13.3 Å². The van der Waals surface area contributed by atoms with Crippen LogP contribution in [-0.2, 0) is 0 Å². The molecule has 1 aliphatic rings. The molecule has 62 valence electrons. The summed E-state index contributed by atoms with van der Waals surface area (Å²) in [6, 6.07) is 2.11. The molecule has 2 unspecified atom stereocenters. The highest BCUT2D eigenvalue weighted by atomic mass is 16.3. The molecular formula is C8H14N2O. The highest BCUT2D eigenvalue weighted by Gasteiger charge is 2.25. The Labute approximate surface area is 67.2 Å². The van der Waals surface area contributed by atoms with Crippen LogP contribution < -0.4 is 0 Å². The van der Waals surface area contributed by atoms with Crippen molar-refractivity contribution in [3.63, 3.8) is 0 Å². The molecule has 0 aromatic rings. The van der Waals surface area contributed by atoms with Gasteiger partial charge in [0.05, 0.1) is 18.7 Å².